The Morgan fingerprint density at radius 1 is 1.16 bits per heavy atom. The molecule has 0 spiro atoms. The van der Waals surface area contributed by atoms with Gasteiger partial charge < -0.3 is 9.47 Å². The minimum Gasteiger partial charge on any atom is -0.496 e. The molecule has 1 amide bonds. The number of ketones is 1. The van der Waals surface area contributed by atoms with E-state index in [4.69, 9.17) is 9.47 Å². The predicted molar refractivity (Wildman–Crippen MR) is 118 cm³/mol. The molecule has 0 fully saturated rings. The molecule has 0 N–H and O–H groups in total. The predicted octanol–water partition coefficient (Wildman–Crippen LogP) is 4.53. The Morgan fingerprint density at radius 3 is 2.66 bits per heavy atom. The van der Waals surface area contributed by atoms with Gasteiger partial charge in [-0.3, -0.25) is 24.6 Å². The van der Waals surface area contributed by atoms with Gasteiger partial charge in [0.05, 0.1) is 24.7 Å². The third-order valence-corrected chi connectivity index (χ3v) is 5.89. The van der Waals surface area contributed by atoms with Crippen molar-refractivity contribution in [3.8, 4) is 11.5 Å². The molecule has 4 rings (SSSR count). The third-order valence-electron chi connectivity index (χ3n) is 5.89. The lowest BCUT2D eigenvalue weighted by molar-refractivity contribution is -0.384. The first-order valence-corrected chi connectivity index (χ1v) is 10.6. The Kier molecular flexibility index (Phi) is 5.94. The first-order chi connectivity index (χ1) is 15.5. The third kappa shape index (κ3) is 3.72. The van der Waals surface area contributed by atoms with Gasteiger partial charge in [0.25, 0.3) is 5.69 Å². The van der Waals surface area contributed by atoms with Crippen LogP contribution >= 0.6 is 0 Å². The van der Waals surface area contributed by atoms with Gasteiger partial charge in [-0.1, -0.05) is 18.2 Å². The number of methoxy groups -OCH3 is 1. The number of carbonyl (C=O) groups is 2. The van der Waals surface area contributed by atoms with Crippen molar-refractivity contribution in [3.05, 3.63) is 69.4 Å². The monoisotopic (exact) mass is 436 g/mol. The van der Waals surface area contributed by atoms with Crippen molar-refractivity contribution in [2.24, 2.45) is 0 Å². The van der Waals surface area contributed by atoms with E-state index in [1.807, 2.05) is 18.2 Å². The maximum atomic E-state index is 13.4. The van der Waals surface area contributed by atoms with Gasteiger partial charge in [0.2, 0.25) is 5.91 Å². The number of nitro groups is 1. The second kappa shape index (κ2) is 8.82. The molecule has 166 valence electrons. The summed E-state index contributed by atoms with van der Waals surface area (Å²) in [7, 11) is 1.55. The number of amides is 1. The Bertz CT molecular complexity index is 1120. The molecule has 1 heterocycles. The topological polar surface area (TPSA) is 99.0 Å². The van der Waals surface area contributed by atoms with Crippen molar-refractivity contribution in [1.82, 2.24) is 0 Å². The van der Waals surface area contributed by atoms with Crippen LogP contribution in [0.2, 0.25) is 0 Å². The van der Waals surface area contributed by atoms with Gasteiger partial charge in [0.15, 0.2) is 5.78 Å². The molecule has 0 saturated heterocycles. The quantitative estimate of drug-likeness (QED) is 0.487. The molecule has 2 aromatic rings. The highest BCUT2D eigenvalue weighted by Gasteiger charge is 2.42. The first-order valence-electron chi connectivity index (χ1n) is 10.6. The van der Waals surface area contributed by atoms with Crippen LogP contribution in [0.1, 0.15) is 44.1 Å². The largest absolute Gasteiger partial charge is 0.496 e. The van der Waals surface area contributed by atoms with Gasteiger partial charge in [0.1, 0.15) is 17.2 Å². The van der Waals surface area contributed by atoms with E-state index in [0.29, 0.717) is 48.6 Å². The normalized spacial score (nSPS) is 18.4. The highest BCUT2D eigenvalue weighted by molar-refractivity contribution is 6.08. The SMILES string of the molecule is CCOc1ccc(N2C(=O)CC(c3ccccc3OC)C3=C2CCCC3=O)c([N+](=O)[O-])c1. The van der Waals surface area contributed by atoms with Crippen LogP contribution in [-0.2, 0) is 9.59 Å². The Balaban J connectivity index is 1.89. The van der Waals surface area contributed by atoms with Gasteiger partial charge >= 0.3 is 0 Å². The van der Waals surface area contributed by atoms with Crippen molar-refractivity contribution < 1.29 is 24.0 Å². The van der Waals surface area contributed by atoms with Crippen LogP contribution in [0.5, 0.6) is 11.5 Å². The summed E-state index contributed by atoms with van der Waals surface area (Å²) in [6.07, 6.45) is 1.49. The number of Topliss-reactive ketones (excluding diaryl/α,β-unsaturated/α-hetero) is 1. The molecule has 8 heteroatoms. The zero-order chi connectivity index (χ0) is 22.8. The van der Waals surface area contributed by atoms with Gasteiger partial charge in [0, 0.05) is 35.6 Å². The molecule has 0 radical (unpaired) electrons. The summed E-state index contributed by atoms with van der Waals surface area (Å²) in [5.41, 5.74) is 1.78. The summed E-state index contributed by atoms with van der Waals surface area (Å²) in [5, 5.41) is 11.8. The van der Waals surface area contributed by atoms with E-state index in [2.05, 4.69) is 0 Å². The Labute approximate surface area is 185 Å². The van der Waals surface area contributed by atoms with Crippen LogP contribution in [0.25, 0.3) is 0 Å². The zero-order valence-corrected chi connectivity index (χ0v) is 18.0. The summed E-state index contributed by atoms with van der Waals surface area (Å²) in [6.45, 7) is 2.15. The number of allylic oxidation sites excluding steroid dienone is 2. The molecular weight excluding hydrogens is 412 g/mol. The molecule has 2 aliphatic rings. The summed E-state index contributed by atoms with van der Waals surface area (Å²) in [5.74, 6) is 0.193. The van der Waals surface area contributed by atoms with Crippen LogP contribution in [0.4, 0.5) is 11.4 Å². The van der Waals surface area contributed by atoms with Crippen molar-refractivity contribution in [2.75, 3.05) is 18.6 Å². The van der Waals surface area contributed by atoms with E-state index in [0.717, 1.165) is 5.56 Å². The molecular formula is C24H24N2O6. The fourth-order valence-electron chi connectivity index (χ4n) is 4.59. The highest BCUT2D eigenvalue weighted by atomic mass is 16.6. The molecule has 2 aromatic carbocycles. The number of nitro benzene ring substituents is 1. The van der Waals surface area contributed by atoms with E-state index in [9.17, 15) is 19.7 Å². The number of benzene rings is 2. The molecule has 0 bridgehead atoms. The number of anilines is 1. The van der Waals surface area contributed by atoms with Crippen molar-refractivity contribution in [1.29, 1.82) is 0 Å². The second-order valence-electron chi connectivity index (χ2n) is 7.71. The maximum absolute atomic E-state index is 13.4. The van der Waals surface area contributed by atoms with Gasteiger partial charge in [-0.25, -0.2) is 0 Å². The van der Waals surface area contributed by atoms with E-state index >= 15 is 0 Å². The number of para-hydroxylation sites is 1. The molecule has 1 atom stereocenters. The van der Waals surface area contributed by atoms with Crippen LogP contribution in [0, 0.1) is 10.1 Å². The average Bonchev–Trinajstić information content (AvgIpc) is 2.79. The number of nitrogens with zero attached hydrogens (tertiary/aromatic N) is 2. The van der Waals surface area contributed by atoms with E-state index in [1.165, 1.54) is 17.0 Å². The summed E-state index contributed by atoms with van der Waals surface area (Å²) in [4.78, 5) is 39.1. The van der Waals surface area contributed by atoms with E-state index in [1.54, 1.807) is 26.2 Å². The summed E-state index contributed by atoms with van der Waals surface area (Å²) < 4.78 is 10.9. The Hall–Kier alpha value is -3.68. The second-order valence-corrected chi connectivity index (χ2v) is 7.71. The number of rotatable bonds is 6. The molecule has 8 nitrogen and oxygen atoms in total. The molecule has 1 aliphatic heterocycles. The van der Waals surface area contributed by atoms with Gasteiger partial charge in [-0.05, 0) is 38.0 Å². The van der Waals surface area contributed by atoms with Crippen molar-refractivity contribution in [2.45, 2.75) is 38.5 Å². The summed E-state index contributed by atoms with van der Waals surface area (Å²) >= 11 is 0. The lowest BCUT2D eigenvalue weighted by Crippen LogP contribution is -2.40. The van der Waals surface area contributed by atoms with E-state index < -0.39 is 10.8 Å². The maximum Gasteiger partial charge on any atom is 0.297 e. The minimum absolute atomic E-state index is 0.0231. The summed E-state index contributed by atoms with van der Waals surface area (Å²) in [6, 6.07) is 11.8. The smallest absolute Gasteiger partial charge is 0.297 e. The number of hydrogen-bond donors (Lipinski definition) is 0. The van der Waals surface area contributed by atoms with Crippen LogP contribution < -0.4 is 14.4 Å². The molecule has 1 aliphatic carbocycles. The van der Waals surface area contributed by atoms with Crippen LogP contribution in [0.15, 0.2) is 53.7 Å². The number of carbonyl (C=O) groups excluding carboxylic acids is 2. The lowest BCUT2D eigenvalue weighted by Gasteiger charge is -2.38. The molecule has 32 heavy (non-hydrogen) atoms. The Morgan fingerprint density at radius 2 is 1.94 bits per heavy atom. The molecule has 0 aromatic heterocycles. The number of hydrogen-bond acceptors (Lipinski definition) is 6. The first kappa shape index (κ1) is 21.5. The zero-order valence-electron chi connectivity index (χ0n) is 18.0. The highest BCUT2D eigenvalue weighted by Crippen LogP contribution is 2.47. The van der Waals surface area contributed by atoms with Crippen LogP contribution in [-0.4, -0.2) is 30.3 Å². The molecule has 1 unspecified atom stereocenters. The van der Waals surface area contributed by atoms with Crippen LogP contribution in [0.3, 0.4) is 0 Å². The fourth-order valence-corrected chi connectivity index (χ4v) is 4.59. The minimum atomic E-state index is -0.525. The number of ether oxygens (including phenoxy) is 2. The van der Waals surface area contributed by atoms with Gasteiger partial charge in [-0.2, -0.15) is 0 Å². The average molecular weight is 436 g/mol. The standard InChI is InChI=1S/C24H24N2O6/c1-3-32-15-11-12-18(20(13-15)26(29)30)25-19-8-6-9-21(27)24(19)17(14-23(25)28)16-7-4-5-10-22(16)31-2/h4-5,7,10-13,17H,3,6,8-9,14H2,1-2H3. The van der Waals surface area contributed by atoms with E-state index in [-0.39, 0.29) is 29.5 Å². The van der Waals surface area contributed by atoms with Crippen molar-refractivity contribution in [3.63, 3.8) is 0 Å². The fraction of sp³-hybridized carbons (Fsp3) is 0.333. The van der Waals surface area contributed by atoms with Crippen molar-refractivity contribution >= 4 is 23.1 Å². The molecule has 0 saturated carbocycles. The lowest BCUT2D eigenvalue weighted by atomic mass is 9.77. The van der Waals surface area contributed by atoms with Gasteiger partial charge in [-0.15, -0.1) is 0 Å².